The zero-order valence-corrected chi connectivity index (χ0v) is 15.9. The van der Waals surface area contributed by atoms with E-state index in [1.807, 2.05) is 12.1 Å². The van der Waals surface area contributed by atoms with Crippen molar-refractivity contribution in [3.05, 3.63) is 47.5 Å². The summed E-state index contributed by atoms with van der Waals surface area (Å²) in [6, 6.07) is 7.26. The van der Waals surface area contributed by atoms with E-state index < -0.39 is 0 Å². The minimum absolute atomic E-state index is 0.0143. The fourth-order valence-corrected chi connectivity index (χ4v) is 4.27. The minimum Gasteiger partial charge on any atom is -0.465 e. The van der Waals surface area contributed by atoms with Gasteiger partial charge < -0.3 is 10.1 Å². The molecule has 26 heavy (non-hydrogen) atoms. The average Bonchev–Trinajstić information content (AvgIpc) is 3.14. The number of methoxy groups -OCH3 is 1. The van der Waals surface area contributed by atoms with Gasteiger partial charge in [-0.2, -0.15) is 0 Å². The molecule has 6 nitrogen and oxygen atoms in total. The molecule has 0 saturated heterocycles. The normalized spacial score (nSPS) is 16.3. The second-order valence-corrected chi connectivity index (χ2v) is 8.02. The maximum absolute atomic E-state index is 12.2. The SMILES string of the molecule is COC(=O)c1ccc(CSc2nnc(NC(=O)[C@H]3CC=CCC3)s2)cc1. The number of hydrogen-bond acceptors (Lipinski definition) is 7. The van der Waals surface area contributed by atoms with Crippen LogP contribution in [0.3, 0.4) is 0 Å². The molecule has 0 fully saturated rings. The molecule has 1 atom stereocenters. The lowest BCUT2D eigenvalue weighted by Crippen LogP contribution is -2.23. The molecule has 1 aliphatic carbocycles. The molecule has 0 aliphatic heterocycles. The fourth-order valence-electron chi connectivity index (χ4n) is 2.56. The standard InChI is InChI=1S/C18H19N3O3S2/c1-24-16(23)14-9-7-12(8-10-14)11-25-18-21-20-17(26-18)19-15(22)13-5-3-2-4-6-13/h2-3,7-10,13H,4-6,11H2,1H3,(H,19,20,22)/t13-/m0/s1. The number of allylic oxidation sites excluding steroid dienone is 2. The molecule has 2 aromatic rings. The number of carbonyl (C=O) groups is 2. The average molecular weight is 390 g/mol. The molecule has 0 unspecified atom stereocenters. The van der Waals surface area contributed by atoms with Crippen molar-refractivity contribution in [1.82, 2.24) is 10.2 Å². The van der Waals surface area contributed by atoms with E-state index in [-0.39, 0.29) is 17.8 Å². The molecule has 0 bridgehead atoms. The summed E-state index contributed by atoms with van der Waals surface area (Å²) < 4.78 is 5.48. The maximum atomic E-state index is 12.2. The molecular weight excluding hydrogens is 370 g/mol. The molecule has 1 aromatic carbocycles. The summed E-state index contributed by atoms with van der Waals surface area (Å²) in [7, 11) is 1.36. The van der Waals surface area contributed by atoms with E-state index in [0.717, 1.165) is 29.2 Å². The highest BCUT2D eigenvalue weighted by Gasteiger charge is 2.20. The second kappa shape index (κ2) is 8.95. The Balaban J connectivity index is 1.51. The number of esters is 1. The van der Waals surface area contributed by atoms with Crippen LogP contribution >= 0.6 is 23.1 Å². The summed E-state index contributed by atoms with van der Waals surface area (Å²) in [4.78, 5) is 23.6. The lowest BCUT2D eigenvalue weighted by Gasteiger charge is -2.15. The molecule has 1 amide bonds. The number of nitrogens with zero attached hydrogens (tertiary/aromatic N) is 2. The summed E-state index contributed by atoms with van der Waals surface area (Å²) in [6.07, 6.45) is 6.78. The Morgan fingerprint density at radius 3 is 2.77 bits per heavy atom. The zero-order chi connectivity index (χ0) is 18.4. The number of carbonyl (C=O) groups excluding carboxylic acids is 2. The molecule has 0 saturated carbocycles. The van der Waals surface area contributed by atoms with Crippen molar-refractivity contribution < 1.29 is 14.3 Å². The molecule has 1 heterocycles. The van der Waals surface area contributed by atoms with Crippen LogP contribution in [0.4, 0.5) is 5.13 Å². The van der Waals surface area contributed by atoms with E-state index in [1.165, 1.54) is 18.4 Å². The van der Waals surface area contributed by atoms with Gasteiger partial charge in [0.25, 0.3) is 0 Å². The van der Waals surface area contributed by atoms with E-state index in [2.05, 4.69) is 32.4 Å². The smallest absolute Gasteiger partial charge is 0.337 e. The van der Waals surface area contributed by atoms with Crippen LogP contribution in [0.1, 0.15) is 35.2 Å². The highest BCUT2D eigenvalue weighted by molar-refractivity contribution is 8.00. The van der Waals surface area contributed by atoms with Crippen molar-refractivity contribution in [2.24, 2.45) is 5.92 Å². The van der Waals surface area contributed by atoms with Crippen molar-refractivity contribution in [3.63, 3.8) is 0 Å². The second-order valence-electron chi connectivity index (χ2n) is 5.82. The van der Waals surface area contributed by atoms with E-state index in [0.29, 0.717) is 16.4 Å². The van der Waals surface area contributed by atoms with Gasteiger partial charge in [-0.25, -0.2) is 4.79 Å². The summed E-state index contributed by atoms with van der Waals surface area (Å²) in [6.45, 7) is 0. The van der Waals surface area contributed by atoms with Crippen LogP contribution in [0.25, 0.3) is 0 Å². The first-order chi connectivity index (χ1) is 12.7. The molecule has 8 heteroatoms. The molecule has 1 N–H and O–H groups in total. The Morgan fingerprint density at radius 2 is 2.08 bits per heavy atom. The van der Waals surface area contributed by atoms with E-state index in [4.69, 9.17) is 0 Å². The van der Waals surface area contributed by atoms with Crippen LogP contribution in [0.15, 0.2) is 40.8 Å². The molecular formula is C18H19N3O3S2. The monoisotopic (exact) mass is 389 g/mol. The quantitative estimate of drug-likeness (QED) is 0.349. The Labute approximate surface area is 160 Å². The highest BCUT2D eigenvalue weighted by Crippen LogP contribution is 2.29. The van der Waals surface area contributed by atoms with Crippen molar-refractivity contribution in [1.29, 1.82) is 0 Å². The zero-order valence-electron chi connectivity index (χ0n) is 14.3. The van der Waals surface area contributed by atoms with Gasteiger partial charge in [-0.05, 0) is 37.0 Å². The summed E-state index contributed by atoms with van der Waals surface area (Å²) in [5.74, 6) is 0.396. The van der Waals surface area contributed by atoms with E-state index in [9.17, 15) is 9.59 Å². The maximum Gasteiger partial charge on any atom is 0.337 e. The third kappa shape index (κ3) is 4.92. The van der Waals surface area contributed by atoms with Crippen molar-refractivity contribution >= 4 is 40.1 Å². The number of amides is 1. The van der Waals surface area contributed by atoms with Gasteiger partial charge in [-0.3, -0.25) is 4.79 Å². The van der Waals surface area contributed by atoms with Crippen LogP contribution in [0, 0.1) is 5.92 Å². The van der Waals surface area contributed by atoms with Gasteiger partial charge in [0.15, 0.2) is 4.34 Å². The van der Waals surface area contributed by atoms with Crippen LogP contribution in [-0.2, 0) is 15.3 Å². The predicted molar refractivity (Wildman–Crippen MR) is 102 cm³/mol. The summed E-state index contributed by atoms with van der Waals surface area (Å²) in [5, 5.41) is 11.6. The van der Waals surface area contributed by atoms with Gasteiger partial charge in [-0.15, -0.1) is 10.2 Å². The molecule has 136 valence electrons. The number of hydrogen-bond donors (Lipinski definition) is 1. The van der Waals surface area contributed by atoms with Gasteiger partial charge in [0.1, 0.15) is 0 Å². The number of aromatic nitrogens is 2. The molecule has 0 spiro atoms. The number of benzene rings is 1. The van der Waals surface area contributed by atoms with Gasteiger partial charge in [0.2, 0.25) is 11.0 Å². The lowest BCUT2D eigenvalue weighted by molar-refractivity contribution is -0.120. The van der Waals surface area contributed by atoms with Crippen LogP contribution < -0.4 is 5.32 Å². The predicted octanol–water partition coefficient (Wildman–Crippen LogP) is 3.91. The van der Waals surface area contributed by atoms with Gasteiger partial charge in [0.05, 0.1) is 12.7 Å². The Kier molecular flexibility index (Phi) is 6.40. The number of anilines is 1. The number of rotatable bonds is 6. The van der Waals surface area contributed by atoms with Crippen LogP contribution in [0.2, 0.25) is 0 Å². The third-order valence-electron chi connectivity index (χ3n) is 4.01. The van der Waals surface area contributed by atoms with Gasteiger partial charge in [-0.1, -0.05) is 47.4 Å². The Morgan fingerprint density at radius 1 is 1.27 bits per heavy atom. The van der Waals surface area contributed by atoms with Crippen LogP contribution in [0.5, 0.6) is 0 Å². The number of thioether (sulfide) groups is 1. The lowest BCUT2D eigenvalue weighted by atomic mass is 9.94. The van der Waals surface area contributed by atoms with Gasteiger partial charge >= 0.3 is 5.97 Å². The highest BCUT2D eigenvalue weighted by atomic mass is 32.2. The first kappa shape index (κ1) is 18.6. The third-order valence-corrected chi connectivity index (χ3v) is 6.06. The molecule has 1 aliphatic rings. The molecule has 0 radical (unpaired) electrons. The fraction of sp³-hybridized carbons (Fsp3) is 0.333. The summed E-state index contributed by atoms with van der Waals surface area (Å²) >= 11 is 2.92. The van der Waals surface area contributed by atoms with Crippen molar-refractivity contribution in [3.8, 4) is 0 Å². The van der Waals surface area contributed by atoms with Crippen LogP contribution in [-0.4, -0.2) is 29.2 Å². The Hall–Kier alpha value is -2.19. The largest absolute Gasteiger partial charge is 0.465 e. The minimum atomic E-state index is -0.345. The Bertz CT molecular complexity index is 802. The first-order valence-electron chi connectivity index (χ1n) is 8.25. The number of nitrogens with one attached hydrogen (secondary N) is 1. The van der Waals surface area contributed by atoms with Gasteiger partial charge in [0, 0.05) is 11.7 Å². The summed E-state index contributed by atoms with van der Waals surface area (Å²) in [5.41, 5.74) is 1.59. The molecule has 3 rings (SSSR count). The van der Waals surface area contributed by atoms with Crippen molar-refractivity contribution in [2.75, 3.05) is 12.4 Å². The van der Waals surface area contributed by atoms with Crippen molar-refractivity contribution in [2.45, 2.75) is 29.4 Å². The first-order valence-corrected chi connectivity index (χ1v) is 10.1. The number of ether oxygens (including phenoxy) is 1. The molecule has 1 aromatic heterocycles. The van der Waals surface area contributed by atoms with E-state index >= 15 is 0 Å². The topological polar surface area (TPSA) is 81.2 Å². The van der Waals surface area contributed by atoms with E-state index in [1.54, 1.807) is 23.9 Å².